The maximum absolute atomic E-state index is 13.1. The van der Waals surface area contributed by atoms with Crippen LogP contribution in [0, 0.1) is 0 Å². The topological polar surface area (TPSA) is 125 Å². The Labute approximate surface area is 200 Å². The number of barbiturate groups is 1. The average Bonchev–Trinajstić information content (AvgIpc) is 2.86. The first-order valence-corrected chi connectivity index (χ1v) is 10.5. The molecule has 1 heterocycles. The minimum Gasteiger partial charge on any atom is -0.546 e. The van der Waals surface area contributed by atoms with Gasteiger partial charge in [0.25, 0.3) is 11.8 Å². The number of para-hydroxylation sites is 1. The van der Waals surface area contributed by atoms with Gasteiger partial charge in [0.1, 0.15) is 30.3 Å². The second kappa shape index (κ2) is 10.3. The summed E-state index contributed by atoms with van der Waals surface area (Å²) in [5.41, 5.74) is 1.18. The van der Waals surface area contributed by atoms with Crippen LogP contribution >= 0.6 is 0 Å². The number of carbonyl (C=O) groups excluding carboxylic acids is 4. The third-order valence-corrected chi connectivity index (χ3v) is 5.01. The molecular weight excluding hydrogens is 452 g/mol. The van der Waals surface area contributed by atoms with Gasteiger partial charge in [0.2, 0.25) is 0 Å². The lowest BCUT2D eigenvalue weighted by molar-refractivity contribution is -0.307. The van der Waals surface area contributed by atoms with E-state index < -0.39 is 30.4 Å². The van der Waals surface area contributed by atoms with E-state index >= 15 is 0 Å². The summed E-state index contributed by atoms with van der Waals surface area (Å²) in [7, 11) is 0. The van der Waals surface area contributed by atoms with Gasteiger partial charge in [0, 0.05) is 5.56 Å². The second-order valence-corrected chi connectivity index (χ2v) is 7.42. The van der Waals surface area contributed by atoms with Gasteiger partial charge in [0.15, 0.2) is 0 Å². The van der Waals surface area contributed by atoms with Crippen molar-refractivity contribution in [3.05, 3.63) is 95.6 Å². The zero-order valence-electron chi connectivity index (χ0n) is 18.3. The molecule has 0 spiro atoms. The van der Waals surface area contributed by atoms with Crippen LogP contribution in [0.3, 0.4) is 0 Å². The first-order valence-electron chi connectivity index (χ1n) is 10.5. The van der Waals surface area contributed by atoms with E-state index in [1.54, 1.807) is 24.3 Å². The summed E-state index contributed by atoms with van der Waals surface area (Å²) in [5, 5.41) is 12.9. The van der Waals surface area contributed by atoms with Gasteiger partial charge in [-0.05, 0) is 42.0 Å². The van der Waals surface area contributed by atoms with Crippen LogP contribution in [0.4, 0.5) is 10.5 Å². The molecule has 4 amide bonds. The minimum absolute atomic E-state index is 0.133. The van der Waals surface area contributed by atoms with Crippen LogP contribution < -0.4 is 24.8 Å². The summed E-state index contributed by atoms with van der Waals surface area (Å²) in [6.07, 6.45) is 1.24. The zero-order chi connectivity index (χ0) is 24.8. The van der Waals surface area contributed by atoms with Gasteiger partial charge in [-0.25, -0.2) is 9.69 Å². The van der Waals surface area contributed by atoms with Crippen LogP contribution in [-0.2, 0) is 21.0 Å². The Hall–Kier alpha value is -4.92. The Morgan fingerprint density at radius 3 is 2.29 bits per heavy atom. The second-order valence-electron chi connectivity index (χ2n) is 7.42. The molecule has 4 rings (SSSR count). The summed E-state index contributed by atoms with van der Waals surface area (Å²) >= 11 is 0. The number of ether oxygens (including phenoxy) is 2. The van der Waals surface area contributed by atoms with Gasteiger partial charge in [-0.3, -0.25) is 14.9 Å². The Balaban J connectivity index is 1.55. The number of carboxylic acids is 1. The number of imide groups is 2. The predicted molar refractivity (Wildman–Crippen MR) is 123 cm³/mol. The molecule has 0 radical (unpaired) electrons. The molecule has 1 N–H and O–H groups in total. The zero-order valence-corrected chi connectivity index (χ0v) is 18.3. The Bertz CT molecular complexity index is 1300. The molecule has 0 aliphatic carbocycles. The Morgan fingerprint density at radius 1 is 0.886 bits per heavy atom. The van der Waals surface area contributed by atoms with Gasteiger partial charge >= 0.3 is 6.03 Å². The van der Waals surface area contributed by atoms with Gasteiger partial charge in [-0.15, -0.1) is 0 Å². The third kappa shape index (κ3) is 5.53. The van der Waals surface area contributed by atoms with Gasteiger partial charge in [0.05, 0.1) is 11.7 Å². The van der Waals surface area contributed by atoms with Crippen LogP contribution in [0.15, 0.2) is 84.4 Å². The van der Waals surface area contributed by atoms with Crippen LogP contribution in [-0.4, -0.2) is 30.4 Å². The first-order chi connectivity index (χ1) is 16.9. The number of nitrogens with zero attached hydrogens (tertiary/aromatic N) is 1. The van der Waals surface area contributed by atoms with Crippen LogP contribution in [0.2, 0.25) is 0 Å². The third-order valence-electron chi connectivity index (χ3n) is 5.01. The maximum atomic E-state index is 13.1. The summed E-state index contributed by atoms with van der Waals surface area (Å²) in [5.74, 6) is -2.48. The molecule has 1 aliphatic rings. The van der Waals surface area contributed by atoms with Crippen molar-refractivity contribution in [2.75, 3.05) is 11.5 Å². The number of nitrogens with one attached hydrogen (secondary N) is 1. The molecule has 0 saturated carbocycles. The van der Waals surface area contributed by atoms with Crippen molar-refractivity contribution in [3.8, 4) is 11.5 Å². The Kier molecular flexibility index (Phi) is 6.87. The highest BCUT2D eigenvalue weighted by Crippen LogP contribution is 2.27. The summed E-state index contributed by atoms with van der Waals surface area (Å²) in [4.78, 5) is 49.6. The van der Waals surface area contributed by atoms with Crippen molar-refractivity contribution in [2.24, 2.45) is 0 Å². The van der Waals surface area contributed by atoms with Crippen LogP contribution in [0.5, 0.6) is 11.5 Å². The molecule has 3 aromatic rings. The van der Waals surface area contributed by atoms with E-state index in [4.69, 9.17) is 9.47 Å². The highest BCUT2D eigenvalue weighted by molar-refractivity contribution is 6.39. The van der Waals surface area contributed by atoms with E-state index in [0.717, 1.165) is 10.5 Å². The molecule has 0 bridgehead atoms. The molecule has 1 aliphatic heterocycles. The molecular formula is C26H19N2O7-. The van der Waals surface area contributed by atoms with Crippen molar-refractivity contribution in [3.63, 3.8) is 0 Å². The standard InChI is InChI=1S/C26H20N2O7/c29-23(30)16-35-22-9-5-4-8-18(22)14-21-24(31)27-26(33)28(25(21)32)19-10-12-20(13-11-19)34-15-17-6-2-1-3-7-17/h1-14H,15-16H2,(H,29,30)(H,27,31,33)/p-1/b21-14+. The largest absolute Gasteiger partial charge is 0.546 e. The SMILES string of the molecule is O=C([O-])COc1ccccc1/C=C1\C(=O)NC(=O)N(c2ccc(OCc3ccccc3)cc2)C1=O. The van der Waals surface area contributed by atoms with Gasteiger partial charge < -0.3 is 19.4 Å². The van der Waals surface area contributed by atoms with E-state index in [2.05, 4.69) is 5.32 Å². The first kappa shape index (κ1) is 23.2. The maximum Gasteiger partial charge on any atom is 0.335 e. The number of hydrogen-bond acceptors (Lipinski definition) is 7. The quantitative estimate of drug-likeness (QED) is 0.394. The van der Waals surface area contributed by atoms with E-state index in [-0.39, 0.29) is 22.6 Å². The van der Waals surface area contributed by atoms with Crippen molar-refractivity contribution in [2.45, 2.75) is 6.61 Å². The number of aliphatic carboxylic acids is 1. The average molecular weight is 471 g/mol. The highest BCUT2D eigenvalue weighted by atomic mass is 16.5. The number of rotatable bonds is 8. The minimum atomic E-state index is -1.42. The predicted octanol–water partition coefficient (Wildman–Crippen LogP) is 2.06. The highest BCUT2D eigenvalue weighted by Gasteiger charge is 2.37. The fraction of sp³-hybridized carbons (Fsp3) is 0.0769. The van der Waals surface area contributed by atoms with Crippen molar-refractivity contribution >= 4 is 35.6 Å². The number of amides is 4. The summed E-state index contributed by atoms with van der Waals surface area (Å²) < 4.78 is 10.9. The van der Waals surface area contributed by atoms with Gasteiger partial charge in [-0.2, -0.15) is 0 Å². The van der Waals surface area contributed by atoms with E-state index in [1.165, 1.54) is 30.3 Å². The fourth-order valence-electron chi connectivity index (χ4n) is 3.35. The van der Waals surface area contributed by atoms with Gasteiger partial charge in [-0.1, -0.05) is 48.5 Å². The summed E-state index contributed by atoms with van der Waals surface area (Å²) in [6, 6.07) is 21.2. The Morgan fingerprint density at radius 2 is 1.57 bits per heavy atom. The number of hydrogen-bond donors (Lipinski definition) is 1. The lowest BCUT2D eigenvalue weighted by Gasteiger charge is -2.26. The van der Waals surface area contributed by atoms with Crippen molar-refractivity contribution < 1.29 is 33.8 Å². The molecule has 1 fully saturated rings. The molecule has 0 atom stereocenters. The van der Waals surface area contributed by atoms with Crippen LogP contribution in [0.25, 0.3) is 6.08 Å². The molecule has 9 heteroatoms. The molecule has 3 aromatic carbocycles. The van der Waals surface area contributed by atoms with Crippen molar-refractivity contribution in [1.82, 2.24) is 5.32 Å². The lowest BCUT2D eigenvalue weighted by atomic mass is 10.1. The number of anilines is 1. The number of carboxylic acid groups (broad SMARTS) is 1. The summed E-state index contributed by atoms with van der Waals surface area (Å²) in [6.45, 7) is -0.353. The molecule has 176 valence electrons. The molecule has 1 saturated heterocycles. The number of urea groups is 1. The molecule has 9 nitrogen and oxygen atoms in total. The molecule has 0 unspecified atom stereocenters. The number of carbonyl (C=O) groups is 4. The fourth-order valence-corrected chi connectivity index (χ4v) is 3.35. The van der Waals surface area contributed by atoms with Crippen LogP contribution in [0.1, 0.15) is 11.1 Å². The van der Waals surface area contributed by atoms with E-state index in [1.807, 2.05) is 30.3 Å². The monoisotopic (exact) mass is 471 g/mol. The van der Waals surface area contributed by atoms with E-state index in [0.29, 0.717) is 12.4 Å². The molecule has 0 aromatic heterocycles. The van der Waals surface area contributed by atoms with E-state index in [9.17, 15) is 24.3 Å². The molecule has 35 heavy (non-hydrogen) atoms. The smallest absolute Gasteiger partial charge is 0.335 e. The normalized spacial score (nSPS) is 14.6. The van der Waals surface area contributed by atoms with Crippen molar-refractivity contribution in [1.29, 1.82) is 0 Å². The lowest BCUT2D eigenvalue weighted by Crippen LogP contribution is -2.54. The number of benzene rings is 3.